The number of hydrazine groups is 1. The summed E-state index contributed by atoms with van der Waals surface area (Å²) in [4.78, 5) is 6.61. The van der Waals surface area contributed by atoms with Gasteiger partial charge in [-0.1, -0.05) is 13.8 Å². The number of nitrogens with zero attached hydrogens (tertiary/aromatic N) is 2. The maximum atomic E-state index is 5.48. The van der Waals surface area contributed by atoms with Crippen LogP contribution in [0.5, 0.6) is 0 Å². The summed E-state index contributed by atoms with van der Waals surface area (Å²) in [5.41, 5.74) is 2.68. The highest BCUT2D eigenvalue weighted by molar-refractivity contribution is 5.79. The Hall–Kier alpha value is -0.810. The second-order valence-electron chi connectivity index (χ2n) is 4.16. The summed E-state index contributed by atoms with van der Waals surface area (Å²) in [6.07, 6.45) is 1.03. The minimum absolute atomic E-state index is 0.552. The molecule has 88 valence electrons. The Balaban J connectivity index is 2.51. The van der Waals surface area contributed by atoms with Gasteiger partial charge in [0.05, 0.1) is 6.61 Å². The molecular weight excluding hydrogens is 192 g/mol. The van der Waals surface area contributed by atoms with Gasteiger partial charge in [-0.25, -0.2) is 5.84 Å². The number of ether oxygens (including phenoxy) is 1. The zero-order chi connectivity index (χ0) is 11.1. The normalized spacial score (nSPS) is 19.2. The molecule has 0 radical (unpaired) electrons. The van der Waals surface area contributed by atoms with Crippen molar-refractivity contribution >= 4 is 5.96 Å². The highest BCUT2D eigenvalue weighted by Gasteiger charge is 2.12. The standard InChI is InChI=1S/C10H22N4O/c1-9(2)8-12-10(13-11)14-4-3-6-15-7-5-14/h9H,3-8,11H2,1-2H3,(H,12,13). The van der Waals surface area contributed by atoms with E-state index in [4.69, 9.17) is 10.6 Å². The molecule has 1 saturated heterocycles. The Kier molecular flexibility index (Phi) is 5.42. The number of nitrogens with two attached hydrogens (primary N) is 1. The van der Waals surface area contributed by atoms with E-state index in [2.05, 4.69) is 29.2 Å². The van der Waals surface area contributed by atoms with Gasteiger partial charge in [-0.3, -0.25) is 10.4 Å². The Labute approximate surface area is 91.6 Å². The molecule has 1 heterocycles. The summed E-state index contributed by atoms with van der Waals surface area (Å²) < 4.78 is 5.38. The molecule has 0 aliphatic carbocycles. The third-order valence-corrected chi connectivity index (χ3v) is 2.26. The van der Waals surface area contributed by atoms with Gasteiger partial charge in [-0.15, -0.1) is 0 Å². The van der Waals surface area contributed by atoms with Crippen molar-refractivity contribution in [3.63, 3.8) is 0 Å². The van der Waals surface area contributed by atoms with Crippen LogP contribution < -0.4 is 11.3 Å². The van der Waals surface area contributed by atoms with E-state index in [1.807, 2.05) is 0 Å². The molecular formula is C10H22N4O. The molecule has 1 aliphatic heterocycles. The second kappa shape index (κ2) is 6.63. The zero-order valence-electron chi connectivity index (χ0n) is 9.70. The van der Waals surface area contributed by atoms with Crippen LogP contribution in [0, 0.1) is 5.92 Å². The lowest BCUT2D eigenvalue weighted by molar-refractivity contribution is 0.147. The second-order valence-corrected chi connectivity index (χ2v) is 4.16. The molecule has 1 fully saturated rings. The summed E-state index contributed by atoms with van der Waals surface area (Å²) in [5, 5.41) is 0. The van der Waals surface area contributed by atoms with E-state index in [-0.39, 0.29) is 0 Å². The lowest BCUT2D eigenvalue weighted by Crippen LogP contribution is -2.46. The van der Waals surface area contributed by atoms with Gasteiger partial charge in [-0.05, 0) is 12.3 Å². The highest BCUT2D eigenvalue weighted by Crippen LogP contribution is 2.00. The zero-order valence-corrected chi connectivity index (χ0v) is 9.70. The summed E-state index contributed by atoms with van der Waals surface area (Å²) in [6, 6.07) is 0. The summed E-state index contributed by atoms with van der Waals surface area (Å²) in [7, 11) is 0. The number of guanidine groups is 1. The Morgan fingerprint density at radius 2 is 2.27 bits per heavy atom. The molecule has 0 saturated carbocycles. The maximum absolute atomic E-state index is 5.48. The molecule has 0 unspecified atom stereocenters. The van der Waals surface area contributed by atoms with Crippen LogP contribution in [0.25, 0.3) is 0 Å². The van der Waals surface area contributed by atoms with Crippen molar-refractivity contribution in [2.45, 2.75) is 20.3 Å². The van der Waals surface area contributed by atoms with E-state index in [0.29, 0.717) is 5.92 Å². The van der Waals surface area contributed by atoms with Crippen LogP contribution in [0.15, 0.2) is 4.99 Å². The van der Waals surface area contributed by atoms with Crippen molar-refractivity contribution in [1.29, 1.82) is 0 Å². The van der Waals surface area contributed by atoms with Crippen molar-refractivity contribution < 1.29 is 4.74 Å². The van der Waals surface area contributed by atoms with Crippen molar-refractivity contribution in [3.05, 3.63) is 0 Å². The van der Waals surface area contributed by atoms with Crippen LogP contribution in [-0.2, 0) is 4.74 Å². The van der Waals surface area contributed by atoms with Gasteiger partial charge >= 0.3 is 0 Å². The van der Waals surface area contributed by atoms with E-state index in [1.54, 1.807) is 0 Å². The van der Waals surface area contributed by atoms with Gasteiger partial charge in [-0.2, -0.15) is 0 Å². The van der Waals surface area contributed by atoms with Crippen LogP contribution in [-0.4, -0.2) is 43.7 Å². The average Bonchev–Trinajstić information content (AvgIpc) is 2.47. The molecule has 0 spiro atoms. The number of nitrogens with one attached hydrogen (secondary N) is 1. The van der Waals surface area contributed by atoms with E-state index in [0.717, 1.165) is 45.2 Å². The lowest BCUT2D eigenvalue weighted by atomic mass is 10.2. The van der Waals surface area contributed by atoms with Crippen molar-refractivity contribution in [2.24, 2.45) is 16.8 Å². The molecule has 0 aromatic heterocycles. The Bertz CT molecular complexity index is 198. The quantitative estimate of drug-likeness (QED) is 0.298. The third-order valence-electron chi connectivity index (χ3n) is 2.26. The third kappa shape index (κ3) is 4.48. The predicted molar refractivity (Wildman–Crippen MR) is 61.5 cm³/mol. The molecule has 5 nitrogen and oxygen atoms in total. The first kappa shape index (κ1) is 12.3. The van der Waals surface area contributed by atoms with Crippen LogP contribution in [0.2, 0.25) is 0 Å². The van der Waals surface area contributed by atoms with Crippen molar-refractivity contribution in [1.82, 2.24) is 10.3 Å². The first-order valence-electron chi connectivity index (χ1n) is 5.57. The lowest BCUT2D eigenvalue weighted by Gasteiger charge is -2.23. The van der Waals surface area contributed by atoms with Crippen molar-refractivity contribution in [3.8, 4) is 0 Å². The molecule has 3 N–H and O–H groups in total. The fourth-order valence-corrected chi connectivity index (χ4v) is 1.46. The molecule has 0 amide bonds. The molecule has 0 aromatic carbocycles. The predicted octanol–water partition coefficient (Wildman–Crippen LogP) is 0.184. The van der Waals surface area contributed by atoms with E-state index >= 15 is 0 Å². The first-order valence-corrected chi connectivity index (χ1v) is 5.57. The van der Waals surface area contributed by atoms with E-state index in [1.165, 1.54) is 0 Å². The van der Waals surface area contributed by atoms with Crippen LogP contribution in [0.4, 0.5) is 0 Å². The van der Waals surface area contributed by atoms with Crippen molar-refractivity contribution in [2.75, 3.05) is 32.8 Å². The smallest absolute Gasteiger partial charge is 0.208 e. The number of hydrogen-bond donors (Lipinski definition) is 2. The van der Waals surface area contributed by atoms with Gasteiger partial charge < -0.3 is 9.64 Å². The van der Waals surface area contributed by atoms with E-state index < -0.39 is 0 Å². The van der Waals surface area contributed by atoms with Gasteiger partial charge in [0, 0.05) is 26.2 Å². The Morgan fingerprint density at radius 3 is 2.93 bits per heavy atom. The first-order chi connectivity index (χ1) is 7.24. The molecule has 1 aliphatic rings. The van der Waals surface area contributed by atoms with E-state index in [9.17, 15) is 0 Å². The number of hydrogen-bond acceptors (Lipinski definition) is 3. The maximum Gasteiger partial charge on any atom is 0.208 e. The monoisotopic (exact) mass is 214 g/mol. The Morgan fingerprint density at radius 1 is 1.47 bits per heavy atom. The molecule has 5 heteroatoms. The number of rotatable bonds is 2. The van der Waals surface area contributed by atoms with Crippen LogP contribution >= 0.6 is 0 Å². The highest BCUT2D eigenvalue weighted by atomic mass is 16.5. The topological polar surface area (TPSA) is 62.9 Å². The number of aliphatic imine (C=N–C) groups is 1. The van der Waals surface area contributed by atoms with Gasteiger partial charge in [0.1, 0.15) is 0 Å². The minimum Gasteiger partial charge on any atom is -0.380 e. The molecule has 0 bridgehead atoms. The minimum atomic E-state index is 0.552. The summed E-state index contributed by atoms with van der Waals surface area (Å²) in [5.74, 6) is 6.82. The summed E-state index contributed by atoms with van der Waals surface area (Å²) in [6.45, 7) is 8.49. The summed E-state index contributed by atoms with van der Waals surface area (Å²) >= 11 is 0. The molecule has 15 heavy (non-hydrogen) atoms. The fourth-order valence-electron chi connectivity index (χ4n) is 1.46. The van der Waals surface area contributed by atoms with Gasteiger partial charge in [0.2, 0.25) is 5.96 Å². The molecule has 1 rings (SSSR count). The molecule has 0 aromatic rings. The SMILES string of the molecule is CC(C)CN=C(NN)N1CCCOCC1. The van der Waals surface area contributed by atoms with Crippen LogP contribution in [0.3, 0.4) is 0 Å². The average molecular weight is 214 g/mol. The van der Waals surface area contributed by atoms with Gasteiger partial charge in [0.25, 0.3) is 0 Å². The molecule has 0 atom stereocenters. The van der Waals surface area contributed by atoms with Crippen LogP contribution in [0.1, 0.15) is 20.3 Å². The van der Waals surface area contributed by atoms with Gasteiger partial charge in [0.15, 0.2) is 0 Å². The largest absolute Gasteiger partial charge is 0.380 e. The fraction of sp³-hybridized carbons (Fsp3) is 0.900.